The van der Waals surface area contributed by atoms with Gasteiger partial charge in [-0.05, 0) is 61.9 Å². The molecule has 7 rings (SSSR count). The number of hydrazine groups is 1. The number of pyridine rings is 1. The molecule has 52 heavy (non-hydrogen) atoms. The van der Waals surface area contributed by atoms with Gasteiger partial charge in [-0.1, -0.05) is 45.9 Å². The van der Waals surface area contributed by atoms with Gasteiger partial charge in [-0.15, -0.1) is 11.3 Å². The molecule has 2 N–H and O–H groups in total. The summed E-state index contributed by atoms with van der Waals surface area (Å²) in [5, 5.41) is 8.29. The first-order chi connectivity index (χ1) is 24.9. The van der Waals surface area contributed by atoms with Crippen LogP contribution in [-0.2, 0) is 43.2 Å². The molecule has 5 atom stereocenters. The first-order valence-corrected chi connectivity index (χ1v) is 19.1. The topological polar surface area (TPSA) is 128 Å². The molecule has 0 radical (unpaired) electrons. The highest BCUT2D eigenvalue weighted by Crippen LogP contribution is 2.45. The molecule has 1 aliphatic carbocycles. The Morgan fingerprint density at radius 1 is 1.21 bits per heavy atom. The molecule has 274 valence electrons. The lowest BCUT2D eigenvalue weighted by Gasteiger charge is -2.33. The third-order valence-corrected chi connectivity index (χ3v) is 11.8. The average molecular weight is 725 g/mol. The zero-order valence-electron chi connectivity index (χ0n) is 30.9. The van der Waals surface area contributed by atoms with Crippen LogP contribution in [0, 0.1) is 23.2 Å². The predicted octanol–water partition coefficient (Wildman–Crippen LogP) is 5.88. The number of methoxy groups -OCH3 is 1. The van der Waals surface area contributed by atoms with Gasteiger partial charge in [-0.2, -0.15) is 0 Å². The fraction of sp³-hybridized carbons (Fsp3) is 0.475. The van der Waals surface area contributed by atoms with Crippen LogP contribution in [0.5, 0.6) is 0 Å². The van der Waals surface area contributed by atoms with Gasteiger partial charge in [0.15, 0.2) is 0 Å². The van der Waals surface area contributed by atoms with E-state index in [-0.39, 0.29) is 55.2 Å². The van der Waals surface area contributed by atoms with Gasteiger partial charge < -0.3 is 19.4 Å². The van der Waals surface area contributed by atoms with E-state index in [1.807, 2.05) is 18.4 Å². The van der Waals surface area contributed by atoms with Crippen molar-refractivity contribution in [2.75, 3.05) is 20.3 Å². The van der Waals surface area contributed by atoms with E-state index in [1.54, 1.807) is 25.5 Å². The molecular formula is C40H48N6O5S. The number of aromatic nitrogens is 3. The average Bonchev–Trinajstić information content (AvgIpc) is 3.43. The molecule has 12 heteroatoms. The molecule has 0 saturated heterocycles. The highest BCUT2D eigenvalue weighted by molar-refractivity contribution is 7.10. The van der Waals surface area contributed by atoms with E-state index in [4.69, 9.17) is 19.4 Å². The molecular weight excluding hydrogens is 677 g/mol. The summed E-state index contributed by atoms with van der Waals surface area (Å²) in [5.41, 5.74) is 9.50. The maximum Gasteiger partial charge on any atom is 0.328 e. The van der Waals surface area contributed by atoms with Crippen molar-refractivity contribution in [2.45, 2.75) is 79.1 Å². The maximum atomic E-state index is 14.1. The Morgan fingerprint density at radius 2 is 2.00 bits per heavy atom. The molecule has 1 saturated carbocycles. The van der Waals surface area contributed by atoms with Crippen LogP contribution in [0.3, 0.4) is 0 Å². The van der Waals surface area contributed by atoms with Crippen molar-refractivity contribution < 1.29 is 23.9 Å². The molecule has 4 aromatic rings. The number of benzene rings is 1. The summed E-state index contributed by atoms with van der Waals surface area (Å²) in [6.45, 7) is 13.6. The normalized spacial score (nSPS) is 25.1. The lowest BCUT2D eigenvalue weighted by atomic mass is 9.84. The molecule has 3 aromatic heterocycles. The summed E-state index contributed by atoms with van der Waals surface area (Å²) in [6.07, 6.45) is 5.91. The number of rotatable bonds is 6. The fourth-order valence-corrected chi connectivity index (χ4v) is 8.55. The standard InChI is InChI=1S/C40H48N6O5S/c1-8-45-32-14-13-25-17-27(32)28(36(45)26-11-9-15-41-35(26)24(4)50-7)19-40(5,6)21-51-39(49)29-12-10-16-46(44-29)38(48)30(18-33-42-31(25)20-52-33)43-37(47)34-22(2)23(34)3/h9-15,17,20,22-24,29-30,34,44H,8,16,18-19,21H2,1-7H3,(H,43,47). The zero-order chi connectivity index (χ0) is 36.9. The third kappa shape index (κ3) is 6.79. The van der Waals surface area contributed by atoms with Crippen molar-refractivity contribution >= 4 is 40.0 Å². The molecule has 0 spiro atoms. The second kappa shape index (κ2) is 14.2. The number of nitrogens with one attached hydrogen (secondary N) is 2. The number of carbonyl (C=O) groups is 3. The van der Waals surface area contributed by atoms with Gasteiger partial charge in [0.2, 0.25) is 5.91 Å². The van der Waals surface area contributed by atoms with Crippen molar-refractivity contribution in [3.05, 3.63) is 70.3 Å². The van der Waals surface area contributed by atoms with E-state index in [0.29, 0.717) is 6.42 Å². The molecule has 1 fully saturated rings. The van der Waals surface area contributed by atoms with Gasteiger partial charge in [-0.25, -0.2) is 15.2 Å². The number of ether oxygens (including phenoxy) is 2. The fourth-order valence-electron chi connectivity index (χ4n) is 7.70. The summed E-state index contributed by atoms with van der Waals surface area (Å²) >= 11 is 1.47. The lowest BCUT2D eigenvalue weighted by Crippen LogP contribution is -2.59. The van der Waals surface area contributed by atoms with Crippen LogP contribution in [-0.4, -0.2) is 69.7 Å². The van der Waals surface area contributed by atoms with Gasteiger partial charge in [-0.3, -0.25) is 19.6 Å². The van der Waals surface area contributed by atoms with Crippen molar-refractivity contribution in [1.82, 2.24) is 30.3 Å². The Morgan fingerprint density at radius 3 is 2.73 bits per heavy atom. The Kier molecular flexibility index (Phi) is 9.83. The number of thiazole rings is 1. The summed E-state index contributed by atoms with van der Waals surface area (Å²) in [5.74, 6) is -0.543. The lowest BCUT2D eigenvalue weighted by molar-refractivity contribution is -0.151. The van der Waals surface area contributed by atoms with Crippen LogP contribution >= 0.6 is 11.3 Å². The van der Waals surface area contributed by atoms with Crippen LogP contribution in [0.4, 0.5) is 0 Å². The van der Waals surface area contributed by atoms with E-state index >= 15 is 0 Å². The molecule has 1 aromatic carbocycles. The molecule has 3 aliphatic rings. The Bertz CT molecular complexity index is 2040. The van der Waals surface area contributed by atoms with Crippen molar-refractivity contribution in [3.8, 4) is 22.5 Å². The van der Waals surface area contributed by atoms with E-state index < -0.39 is 23.5 Å². The summed E-state index contributed by atoms with van der Waals surface area (Å²) in [6, 6.07) is 8.80. The van der Waals surface area contributed by atoms with E-state index in [2.05, 4.69) is 74.2 Å². The van der Waals surface area contributed by atoms with Crippen LogP contribution in [0.2, 0.25) is 0 Å². The summed E-state index contributed by atoms with van der Waals surface area (Å²) in [7, 11) is 1.69. The summed E-state index contributed by atoms with van der Waals surface area (Å²) in [4.78, 5) is 50.8. The minimum absolute atomic E-state index is 0.130. The number of hydrogen-bond donors (Lipinski definition) is 2. The number of nitrogens with zero attached hydrogens (tertiary/aromatic N) is 4. The summed E-state index contributed by atoms with van der Waals surface area (Å²) < 4.78 is 14.1. The highest BCUT2D eigenvalue weighted by atomic mass is 32.1. The van der Waals surface area contributed by atoms with Gasteiger partial charge >= 0.3 is 5.97 Å². The quantitative estimate of drug-likeness (QED) is 0.187. The number of aryl methyl sites for hydroxylation is 1. The Balaban J connectivity index is 1.35. The third-order valence-electron chi connectivity index (χ3n) is 11.0. The second-order valence-electron chi connectivity index (χ2n) is 15.2. The van der Waals surface area contributed by atoms with Crippen LogP contribution in [0.1, 0.15) is 63.9 Å². The van der Waals surface area contributed by atoms with Crippen molar-refractivity contribution in [2.24, 2.45) is 23.2 Å². The molecule has 2 amide bonds. The zero-order valence-corrected chi connectivity index (χ0v) is 31.8. The number of hydrogen-bond acceptors (Lipinski definition) is 9. The van der Waals surface area contributed by atoms with E-state index in [0.717, 1.165) is 56.2 Å². The molecule has 6 bridgehead atoms. The van der Waals surface area contributed by atoms with Crippen molar-refractivity contribution in [1.29, 1.82) is 0 Å². The monoisotopic (exact) mass is 724 g/mol. The minimum atomic E-state index is -0.863. The minimum Gasteiger partial charge on any atom is -0.464 e. The second-order valence-corrected chi connectivity index (χ2v) is 16.1. The van der Waals surface area contributed by atoms with Crippen LogP contribution in [0.25, 0.3) is 33.4 Å². The first kappa shape index (κ1) is 36.0. The highest BCUT2D eigenvalue weighted by Gasteiger charge is 2.49. The smallest absolute Gasteiger partial charge is 0.328 e. The van der Waals surface area contributed by atoms with Gasteiger partial charge in [0.05, 0.1) is 41.3 Å². The number of cyclic esters (lactones) is 1. The van der Waals surface area contributed by atoms with Gasteiger partial charge in [0.25, 0.3) is 5.91 Å². The Hall–Kier alpha value is -4.39. The Labute approximate surface area is 308 Å². The predicted molar refractivity (Wildman–Crippen MR) is 201 cm³/mol. The van der Waals surface area contributed by atoms with Gasteiger partial charge in [0.1, 0.15) is 12.1 Å². The number of esters is 1. The number of carbonyl (C=O) groups excluding carboxylic acids is 3. The number of fused-ring (bicyclic) bond motifs is 6. The largest absolute Gasteiger partial charge is 0.464 e. The first-order valence-electron chi connectivity index (χ1n) is 18.2. The maximum absolute atomic E-state index is 14.1. The van der Waals surface area contributed by atoms with Gasteiger partial charge in [0, 0.05) is 65.0 Å². The number of amides is 2. The molecule has 5 heterocycles. The van der Waals surface area contributed by atoms with Crippen molar-refractivity contribution in [3.63, 3.8) is 0 Å². The van der Waals surface area contributed by atoms with E-state index in [9.17, 15) is 14.4 Å². The molecule has 11 nitrogen and oxygen atoms in total. The molecule has 5 unspecified atom stereocenters. The van der Waals surface area contributed by atoms with E-state index in [1.165, 1.54) is 16.3 Å². The molecule has 2 aliphatic heterocycles. The van der Waals surface area contributed by atoms with Crippen LogP contribution in [0.15, 0.2) is 54.1 Å². The van der Waals surface area contributed by atoms with Crippen LogP contribution < -0.4 is 10.7 Å². The SMILES string of the molecule is CCn1c(-c2cccnc2C(C)OC)c2c3cc(ccc31)-c1csc(n1)CC(NC(=O)C1C(C)C1C)C(=O)N1CC=CC(N1)C(=O)OCC(C)(C)C2.